The Kier molecular flexibility index (Phi) is 5.08. The highest BCUT2D eigenvalue weighted by Gasteiger charge is 2.25. The van der Waals surface area contributed by atoms with E-state index in [1.165, 1.54) is 0 Å². The van der Waals surface area contributed by atoms with Crippen molar-refractivity contribution in [3.63, 3.8) is 0 Å². The number of nitrogens with one attached hydrogen (secondary N) is 2. The summed E-state index contributed by atoms with van der Waals surface area (Å²) < 4.78 is 27.2. The standard InChI is InChI=1S/C17H23F2N5/c1-11(2)7-13-10-24(6-5-20-13)15-4-3-14(12-8-21-22-9-12)23-16(15)17(18)19/h3-4,8-9,11,13,17,20H,5-7,10H2,1-2H3,(H,21,22). The summed E-state index contributed by atoms with van der Waals surface area (Å²) in [4.78, 5) is 6.23. The monoisotopic (exact) mass is 335 g/mol. The Morgan fingerprint density at radius 2 is 2.17 bits per heavy atom. The molecule has 0 amide bonds. The van der Waals surface area contributed by atoms with Crippen LogP contribution >= 0.6 is 0 Å². The van der Waals surface area contributed by atoms with Crippen molar-refractivity contribution in [1.29, 1.82) is 0 Å². The van der Waals surface area contributed by atoms with Gasteiger partial charge in [0.1, 0.15) is 5.69 Å². The highest BCUT2D eigenvalue weighted by molar-refractivity contribution is 5.62. The van der Waals surface area contributed by atoms with Crippen LogP contribution < -0.4 is 10.2 Å². The zero-order valence-electron chi connectivity index (χ0n) is 14.0. The molecule has 2 N–H and O–H groups in total. The molecular formula is C17H23F2N5. The third kappa shape index (κ3) is 3.72. The Hall–Kier alpha value is -2.02. The van der Waals surface area contributed by atoms with Crippen LogP contribution in [0.2, 0.25) is 0 Å². The molecule has 2 aromatic heterocycles. The predicted octanol–water partition coefficient (Wildman–Crippen LogP) is 3.23. The van der Waals surface area contributed by atoms with Gasteiger partial charge in [-0.2, -0.15) is 5.10 Å². The maximum atomic E-state index is 13.6. The number of nitrogens with zero attached hydrogens (tertiary/aromatic N) is 3. The average Bonchev–Trinajstić information content (AvgIpc) is 3.08. The lowest BCUT2D eigenvalue weighted by Crippen LogP contribution is -2.51. The van der Waals surface area contributed by atoms with Crippen molar-refractivity contribution >= 4 is 5.69 Å². The van der Waals surface area contributed by atoms with E-state index in [1.807, 2.05) is 4.90 Å². The molecule has 24 heavy (non-hydrogen) atoms. The van der Waals surface area contributed by atoms with Gasteiger partial charge in [-0.1, -0.05) is 13.8 Å². The van der Waals surface area contributed by atoms with E-state index in [9.17, 15) is 8.78 Å². The minimum Gasteiger partial charge on any atom is -0.367 e. The van der Waals surface area contributed by atoms with Crippen LogP contribution in [0.1, 0.15) is 32.4 Å². The van der Waals surface area contributed by atoms with Crippen molar-refractivity contribution in [2.45, 2.75) is 32.7 Å². The minimum atomic E-state index is -2.61. The van der Waals surface area contributed by atoms with Crippen LogP contribution in [0, 0.1) is 5.92 Å². The SMILES string of the molecule is CC(C)CC1CN(c2ccc(-c3cn[nH]c3)nc2C(F)F)CCN1. The van der Waals surface area contributed by atoms with Crippen LogP contribution in [-0.2, 0) is 0 Å². The van der Waals surface area contributed by atoms with E-state index in [0.717, 1.165) is 19.5 Å². The fraction of sp³-hybridized carbons (Fsp3) is 0.529. The molecule has 1 aliphatic rings. The lowest BCUT2D eigenvalue weighted by Gasteiger charge is -2.36. The summed E-state index contributed by atoms with van der Waals surface area (Å²) in [5, 5.41) is 10.0. The van der Waals surface area contributed by atoms with Gasteiger partial charge < -0.3 is 10.2 Å². The first-order chi connectivity index (χ1) is 11.5. The number of hydrogen-bond donors (Lipinski definition) is 2. The summed E-state index contributed by atoms with van der Waals surface area (Å²) >= 11 is 0. The summed E-state index contributed by atoms with van der Waals surface area (Å²) in [5.41, 5.74) is 1.60. The second-order valence-corrected chi connectivity index (χ2v) is 6.62. The molecule has 7 heteroatoms. The number of piperazine rings is 1. The Morgan fingerprint density at radius 1 is 1.33 bits per heavy atom. The number of H-pyrrole nitrogens is 1. The number of hydrogen-bond acceptors (Lipinski definition) is 4. The average molecular weight is 335 g/mol. The molecule has 0 spiro atoms. The van der Waals surface area contributed by atoms with Gasteiger partial charge in [0.05, 0.1) is 17.6 Å². The van der Waals surface area contributed by atoms with Crippen LogP contribution in [0.25, 0.3) is 11.3 Å². The summed E-state index contributed by atoms with van der Waals surface area (Å²) in [5.74, 6) is 0.568. The first kappa shape index (κ1) is 16.8. The molecule has 0 saturated carbocycles. The number of alkyl halides is 2. The van der Waals surface area contributed by atoms with E-state index in [2.05, 4.69) is 34.3 Å². The molecule has 3 rings (SSSR count). The highest BCUT2D eigenvalue weighted by Crippen LogP contribution is 2.31. The molecule has 2 aromatic rings. The largest absolute Gasteiger partial charge is 0.367 e. The van der Waals surface area contributed by atoms with Gasteiger partial charge in [-0.3, -0.25) is 5.10 Å². The summed E-state index contributed by atoms with van der Waals surface area (Å²) in [7, 11) is 0. The minimum absolute atomic E-state index is 0.154. The molecule has 0 radical (unpaired) electrons. The molecule has 1 saturated heterocycles. The zero-order chi connectivity index (χ0) is 17.1. The van der Waals surface area contributed by atoms with Crippen molar-refractivity contribution in [3.8, 4) is 11.3 Å². The van der Waals surface area contributed by atoms with E-state index in [-0.39, 0.29) is 5.69 Å². The molecule has 1 unspecified atom stereocenters. The van der Waals surface area contributed by atoms with E-state index in [0.29, 0.717) is 35.4 Å². The second kappa shape index (κ2) is 7.25. The van der Waals surface area contributed by atoms with Crippen LogP contribution in [-0.4, -0.2) is 40.9 Å². The van der Waals surface area contributed by atoms with Crippen LogP contribution in [0.4, 0.5) is 14.5 Å². The van der Waals surface area contributed by atoms with Gasteiger partial charge in [0.15, 0.2) is 0 Å². The van der Waals surface area contributed by atoms with Crippen LogP contribution in [0.15, 0.2) is 24.5 Å². The Labute approximate surface area is 140 Å². The van der Waals surface area contributed by atoms with E-state index < -0.39 is 6.43 Å². The van der Waals surface area contributed by atoms with E-state index >= 15 is 0 Å². The van der Waals surface area contributed by atoms with Crippen molar-refractivity contribution in [2.24, 2.45) is 5.92 Å². The number of aromatic nitrogens is 3. The maximum absolute atomic E-state index is 13.6. The summed E-state index contributed by atoms with van der Waals surface area (Å²) in [6.07, 6.45) is 1.66. The molecule has 1 aliphatic heterocycles. The topological polar surface area (TPSA) is 56.8 Å². The molecule has 1 fully saturated rings. The molecule has 130 valence electrons. The van der Waals surface area contributed by atoms with Gasteiger partial charge in [0.25, 0.3) is 6.43 Å². The second-order valence-electron chi connectivity index (χ2n) is 6.62. The van der Waals surface area contributed by atoms with E-state index in [1.54, 1.807) is 24.5 Å². The Bertz CT molecular complexity index is 657. The molecule has 1 atom stereocenters. The third-order valence-corrected chi connectivity index (χ3v) is 4.26. The predicted molar refractivity (Wildman–Crippen MR) is 90.2 cm³/mol. The summed E-state index contributed by atoms with van der Waals surface area (Å²) in [6.45, 7) is 6.58. The van der Waals surface area contributed by atoms with Crippen molar-refractivity contribution in [3.05, 3.63) is 30.2 Å². The van der Waals surface area contributed by atoms with Gasteiger partial charge in [-0.15, -0.1) is 0 Å². The Balaban J connectivity index is 1.86. The first-order valence-electron chi connectivity index (χ1n) is 8.31. The smallest absolute Gasteiger partial charge is 0.282 e. The van der Waals surface area contributed by atoms with Gasteiger partial charge in [0, 0.05) is 37.4 Å². The van der Waals surface area contributed by atoms with Crippen LogP contribution in [0.3, 0.4) is 0 Å². The Morgan fingerprint density at radius 3 is 2.83 bits per heavy atom. The van der Waals surface area contributed by atoms with Gasteiger partial charge in [-0.05, 0) is 24.5 Å². The first-order valence-corrected chi connectivity index (χ1v) is 8.31. The van der Waals surface area contributed by atoms with Gasteiger partial charge in [-0.25, -0.2) is 13.8 Å². The highest BCUT2D eigenvalue weighted by atomic mass is 19.3. The van der Waals surface area contributed by atoms with Crippen molar-refractivity contribution < 1.29 is 8.78 Å². The zero-order valence-corrected chi connectivity index (χ0v) is 14.0. The molecule has 0 aliphatic carbocycles. The fourth-order valence-electron chi connectivity index (χ4n) is 3.22. The maximum Gasteiger partial charge on any atom is 0.282 e. The number of anilines is 1. The lowest BCUT2D eigenvalue weighted by atomic mass is 10.0. The number of aromatic amines is 1. The van der Waals surface area contributed by atoms with E-state index in [4.69, 9.17) is 0 Å². The van der Waals surface area contributed by atoms with Gasteiger partial charge in [0.2, 0.25) is 0 Å². The fourth-order valence-corrected chi connectivity index (χ4v) is 3.22. The van der Waals surface area contributed by atoms with Gasteiger partial charge >= 0.3 is 0 Å². The van der Waals surface area contributed by atoms with Crippen molar-refractivity contribution in [1.82, 2.24) is 20.5 Å². The molecule has 0 aromatic carbocycles. The number of pyridine rings is 1. The lowest BCUT2D eigenvalue weighted by molar-refractivity contribution is 0.146. The third-order valence-electron chi connectivity index (χ3n) is 4.26. The van der Waals surface area contributed by atoms with Crippen molar-refractivity contribution in [2.75, 3.05) is 24.5 Å². The molecule has 0 bridgehead atoms. The quantitative estimate of drug-likeness (QED) is 0.881. The molecule has 5 nitrogen and oxygen atoms in total. The summed E-state index contributed by atoms with van der Waals surface area (Å²) in [6, 6.07) is 3.86. The number of halogens is 2. The molecule has 3 heterocycles. The normalized spacial score (nSPS) is 18.6. The molecular weight excluding hydrogens is 312 g/mol. The number of rotatable bonds is 5. The van der Waals surface area contributed by atoms with Crippen LogP contribution in [0.5, 0.6) is 0 Å².